The Hall–Kier alpha value is -0.610. The molecular weight excluding hydrogens is 204 g/mol. The average Bonchev–Trinajstić information content (AvgIpc) is 2.75. The molecule has 2 atom stereocenters. The van der Waals surface area contributed by atoms with Crippen LogP contribution in [-0.2, 0) is 4.79 Å². The molecule has 0 bridgehead atoms. The summed E-state index contributed by atoms with van der Waals surface area (Å²) in [4.78, 5) is 14.0. The van der Waals surface area contributed by atoms with E-state index in [1.807, 2.05) is 6.92 Å². The van der Waals surface area contributed by atoms with Crippen LogP contribution < -0.4 is 5.73 Å². The standard InChI is InChI=1S/C12H24N2O2/c1-2-6-14(7-8-15)12(16)11-5-3-4-10(11)9-13/h10-11,15H,2-9,13H2,1H3. The van der Waals surface area contributed by atoms with E-state index in [4.69, 9.17) is 10.8 Å². The predicted molar refractivity (Wildman–Crippen MR) is 63.8 cm³/mol. The van der Waals surface area contributed by atoms with Gasteiger partial charge in [-0.2, -0.15) is 0 Å². The molecule has 1 aliphatic carbocycles. The molecule has 16 heavy (non-hydrogen) atoms. The molecular formula is C12H24N2O2. The lowest BCUT2D eigenvalue weighted by Crippen LogP contribution is -2.41. The minimum atomic E-state index is 0.0474. The molecule has 0 saturated heterocycles. The highest BCUT2D eigenvalue weighted by molar-refractivity contribution is 5.79. The maximum Gasteiger partial charge on any atom is 0.226 e. The van der Waals surface area contributed by atoms with Crippen molar-refractivity contribution in [2.45, 2.75) is 32.6 Å². The lowest BCUT2D eigenvalue weighted by atomic mass is 9.94. The van der Waals surface area contributed by atoms with Gasteiger partial charge >= 0.3 is 0 Å². The van der Waals surface area contributed by atoms with Crippen molar-refractivity contribution >= 4 is 5.91 Å². The van der Waals surface area contributed by atoms with Crippen LogP contribution in [-0.4, -0.2) is 42.2 Å². The van der Waals surface area contributed by atoms with Crippen LogP contribution in [0, 0.1) is 11.8 Å². The first-order valence-corrected chi connectivity index (χ1v) is 6.34. The van der Waals surface area contributed by atoms with E-state index in [9.17, 15) is 4.79 Å². The normalized spacial score (nSPS) is 24.7. The van der Waals surface area contributed by atoms with Crippen molar-refractivity contribution in [3.8, 4) is 0 Å². The molecule has 0 aliphatic heterocycles. The van der Waals surface area contributed by atoms with Crippen LogP contribution in [0.25, 0.3) is 0 Å². The predicted octanol–water partition coefficient (Wildman–Crippen LogP) is 0.592. The fourth-order valence-corrected chi connectivity index (χ4v) is 2.60. The fraction of sp³-hybridized carbons (Fsp3) is 0.917. The van der Waals surface area contributed by atoms with E-state index in [0.29, 0.717) is 19.0 Å². The van der Waals surface area contributed by atoms with Gasteiger partial charge in [0.2, 0.25) is 5.91 Å². The van der Waals surface area contributed by atoms with Gasteiger partial charge < -0.3 is 15.7 Å². The molecule has 0 radical (unpaired) electrons. The summed E-state index contributed by atoms with van der Waals surface area (Å²) in [6.45, 7) is 3.90. The number of hydrogen-bond acceptors (Lipinski definition) is 3. The van der Waals surface area contributed by atoms with Gasteiger partial charge in [-0.05, 0) is 31.7 Å². The molecule has 1 amide bonds. The number of hydrogen-bond donors (Lipinski definition) is 2. The van der Waals surface area contributed by atoms with Crippen molar-refractivity contribution in [1.29, 1.82) is 0 Å². The third-order valence-electron chi connectivity index (χ3n) is 3.45. The second-order valence-corrected chi connectivity index (χ2v) is 4.58. The van der Waals surface area contributed by atoms with Gasteiger partial charge in [0.15, 0.2) is 0 Å². The van der Waals surface area contributed by atoms with Crippen molar-refractivity contribution in [1.82, 2.24) is 4.90 Å². The van der Waals surface area contributed by atoms with Gasteiger partial charge in [-0.25, -0.2) is 0 Å². The minimum absolute atomic E-state index is 0.0474. The molecule has 1 rings (SSSR count). The minimum Gasteiger partial charge on any atom is -0.395 e. The second-order valence-electron chi connectivity index (χ2n) is 4.58. The number of aliphatic hydroxyl groups excluding tert-OH is 1. The van der Waals surface area contributed by atoms with Gasteiger partial charge in [0.05, 0.1) is 6.61 Å². The third-order valence-corrected chi connectivity index (χ3v) is 3.45. The van der Waals surface area contributed by atoms with E-state index in [2.05, 4.69) is 0 Å². The van der Waals surface area contributed by atoms with Gasteiger partial charge in [0, 0.05) is 19.0 Å². The molecule has 94 valence electrons. The molecule has 0 aromatic rings. The maximum atomic E-state index is 12.3. The molecule has 1 aliphatic rings. The summed E-state index contributed by atoms with van der Waals surface area (Å²) < 4.78 is 0. The monoisotopic (exact) mass is 228 g/mol. The van der Waals surface area contributed by atoms with Gasteiger partial charge in [-0.1, -0.05) is 13.3 Å². The summed E-state index contributed by atoms with van der Waals surface area (Å²) in [5.74, 6) is 0.650. The lowest BCUT2D eigenvalue weighted by Gasteiger charge is -2.27. The SMILES string of the molecule is CCCN(CCO)C(=O)C1CCCC1CN. The van der Waals surface area contributed by atoms with E-state index in [1.54, 1.807) is 4.90 Å². The van der Waals surface area contributed by atoms with Crippen LogP contribution in [0.3, 0.4) is 0 Å². The quantitative estimate of drug-likeness (QED) is 0.699. The van der Waals surface area contributed by atoms with Crippen molar-refractivity contribution < 1.29 is 9.90 Å². The Morgan fingerprint density at radius 3 is 2.75 bits per heavy atom. The number of nitrogens with two attached hydrogens (primary N) is 1. The van der Waals surface area contributed by atoms with Gasteiger partial charge in [0.25, 0.3) is 0 Å². The van der Waals surface area contributed by atoms with Crippen molar-refractivity contribution in [2.75, 3.05) is 26.2 Å². The summed E-state index contributed by atoms with van der Waals surface area (Å²) in [7, 11) is 0. The molecule has 1 fully saturated rings. The lowest BCUT2D eigenvalue weighted by molar-refractivity contribution is -0.137. The Labute approximate surface area is 97.8 Å². The number of carbonyl (C=O) groups is 1. The molecule has 4 nitrogen and oxygen atoms in total. The first-order chi connectivity index (χ1) is 7.74. The Kier molecular flexibility index (Phi) is 5.77. The van der Waals surface area contributed by atoms with Gasteiger partial charge in [-0.3, -0.25) is 4.79 Å². The Morgan fingerprint density at radius 2 is 2.19 bits per heavy atom. The Morgan fingerprint density at radius 1 is 1.44 bits per heavy atom. The first kappa shape index (κ1) is 13.5. The Bertz CT molecular complexity index is 215. The maximum absolute atomic E-state index is 12.3. The summed E-state index contributed by atoms with van der Waals surface area (Å²) >= 11 is 0. The van der Waals surface area contributed by atoms with Crippen LogP contribution in [0.4, 0.5) is 0 Å². The largest absolute Gasteiger partial charge is 0.395 e. The highest BCUT2D eigenvalue weighted by Gasteiger charge is 2.34. The number of rotatable bonds is 6. The van der Waals surface area contributed by atoms with Crippen molar-refractivity contribution in [3.63, 3.8) is 0 Å². The number of nitrogens with zero attached hydrogens (tertiary/aromatic N) is 1. The molecule has 3 N–H and O–H groups in total. The zero-order valence-corrected chi connectivity index (χ0v) is 10.2. The summed E-state index contributed by atoms with van der Waals surface area (Å²) in [5.41, 5.74) is 5.69. The van der Waals surface area contributed by atoms with Crippen molar-refractivity contribution in [3.05, 3.63) is 0 Å². The molecule has 0 spiro atoms. The second kappa shape index (κ2) is 6.86. The van der Waals surface area contributed by atoms with Gasteiger partial charge in [-0.15, -0.1) is 0 Å². The van der Waals surface area contributed by atoms with E-state index in [-0.39, 0.29) is 18.4 Å². The molecule has 0 heterocycles. The summed E-state index contributed by atoms with van der Waals surface area (Å²) in [6, 6.07) is 0. The molecule has 2 unspecified atom stereocenters. The van der Waals surface area contributed by atoms with Crippen LogP contribution in [0.1, 0.15) is 32.6 Å². The highest BCUT2D eigenvalue weighted by Crippen LogP contribution is 2.32. The van der Waals surface area contributed by atoms with E-state index in [1.165, 1.54) is 0 Å². The van der Waals surface area contributed by atoms with Crippen LogP contribution in [0.5, 0.6) is 0 Å². The first-order valence-electron chi connectivity index (χ1n) is 6.34. The number of carbonyl (C=O) groups excluding carboxylic acids is 1. The van der Waals surface area contributed by atoms with Gasteiger partial charge in [0.1, 0.15) is 0 Å². The smallest absolute Gasteiger partial charge is 0.226 e. The van der Waals surface area contributed by atoms with Crippen LogP contribution in [0.15, 0.2) is 0 Å². The zero-order valence-electron chi connectivity index (χ0n) is 10.2. The molecule has 0 aromatic heterocycles. The van der Waals surface area contributed by atoms with Crippen LogP contribution in [0.2, 0.25) is 0 Å². The van der Waals surface area contributed by atoms with Crippen molar-refractivity contribution in [2.24, 2.45) is 17.6 Å². The van der Waals surface area contributed by atoms with E-state index in [0.717, 1.165) is 32.2 Å². The highest BCUT2D eigenvalue weighted by atomic mass is 16.3. The van der Waals surface area contributed by atoms with Crippen LogP contribution >= 0.6 is 0 Å². The summed E-state index contributed by atoms with van der Waals surface area (Å²) in [5, 5.41) is 8.96. The van der Waals surface area contributed by atoms with E-state index < -0.39 is 0 Å². The molecule has 1 saturated carbocycles. The number of aliphatic hydroxyl groups is 1. The zero-order chi connectivity index (χ0) is 12.0. The number of amides is 1. The summed E-state index contributed by atoms with van der Waals surface area (Å²) in [6.07, 6.45) is 4.08. The third kappa shape index (κ3) is 3.19. The average molecular weight is 228 g/mol. The molecule has 0 aromatic carbocycles. The topological polar surface area (TPSA) is 66.6 Å². The molecule has 4 heteroatoms. The van der Waals surface area contributed by atoms with E-state index >= 15 is 0 Å². The Balaban J connectivity index is 2.58. The fourth-order valence-electron chi connectivity index (χ4n) is 2.60.